The highest BCUT2D eigenvalue weighted by molar-refractivity contribution is 5.81. The summed E-state index contributed by atoms with van der Waals surface area (Å²) in [6.45, 7) is 5.79. The molecule has 0 aromatic rings. The van der Waals surface area contributed by atoms with Crippen LogP contribution in [-0.4, -0.2) is 38.4 Å². The van der Waals surface area contributed by atoms with Gasteiger partial charge in [0.25, 0.3) is 0 Å². The smallest absolute Gasteiger partial charge is 0.326 e. The van der Waals surface area contributed by atoms with E-state index in [0.717, 1.165) is 25.7 Å². The van der Waals surface area contributed by atoms with Crippen LogP contribution in [0.5, 0.6) is 0 Å². The highest BCUT2D eigenvalue weighted by atomic mass is 16.5. The Hall–Kier alpha value is -0.610. The maximum absolute atomic E-state index is 12.4. The molecule has 1 fully saturated rings. The van der Waals surface area contributed by atoms with Crippen LogP contribution in [0.25, 0.3) is 0 Å². The minimum atomic E-state index is -0.485. The lowest BCUT2D eigenvalue weighted by Gasteiger charge is -2.42. The maximum Gasteiger partial charge on any atom is 0.326 e. The van der Waals surface area contributed by atoms with E-state index < -0.39 is 5.54 Å². The molecule has 1 aliphatic rings. The van der Waals surface area contributed by atoms with Gasteiger partial charge in [0.1, 0.15) is 5.54 Å². The molecule has 0 amide bonds. The first-order valence-electron chi connectivity index (χ1n) is 7.12. The van der Waals surface area contributed by atoms with Gasteiger partial charge in [-0.15, -0.1) is 0 Å². The monoisotopic (exact) mass is 257 g/mol. The molecule has 0 bridgehead atoms. The summed E-state index contributed by atoms with van der Waals surface area (Å²) in [6, 6.07) is 0. The average molecular weight is 257 g/mol. The van der Waals surface area contributed by atoms with Gasteiger partial charge in [0.05, 0.1) is 13.2 Å². The number of ether oxygens (including phenoxy) is 2. The van der Waals surface area contributed by atoms with Crippen molar-refractivity contribution in [1.82, 2.24) is 5.32 Å². The molecule has 0 aromatic carbocycles. The van der Waals surface area contributed by atoms with E-state index in [9.17, 15) is 4.79 Å². The number of rotatable bonds is 7. The standard InChI is InChI=1S/C14H27NO3/c1-4-12-8-6-7-9-14(12,13(16)18-5-2)15-10-11-17-3/h12,15H,4-11H2,1-3H3. The van der Waals surface area contributed by atoms with Crippen molar-refractivity contribution in [3.8, 4) is 0 Å². The van der Waals surface area contributed by atoms with E-state index in [2.05, 4.69) is 12.2 Å². The summed E-state index contributed by atoms with van der Waals surface area (Å²) in [6.07, 6.45) is 5.31. The number of hydrogen-bond acceptors (Lipinski definition) is 4. The largest absolute Gasteiger partial charge is 0.465 e. The van der Waals surface area contributed by atoms with Crippen LogP contribution in [0.2, 0.25) is 0 Å². The lowest BCUT2D eigenvalue weighted by atomic mass is 9.71. The molecule has 106 valence electrons. The van der Waals surface area contributed by atoms with Crippen LogP contribution in [0.3, 0.4) is 0 Å². The molecule has 1 aliphatic carbocycles. The van der Waals surface area contributed by atoms with Gasteiger partial charge in [0.2, 0.25) is 0 Å². The van der Waals surface area contributed by atoms with E-state index in [-0.39, 0.29) is 5.97 Å². The Kier molecular flexibility index (Phi) is 6.65. The number of carbonyl (C=O) groups excluding carboxylic acids is 1. The van der Waals surface area contributed by atoms with Crippen LogP contribution in [0.1, 0.15) is 46.0 Å². The predicted octanol–water partition coefficient (Wildman–Crippen LogP) is 2.12. The molecule has 4 heteroatoms. The fourth-order valence-corrected chi connectivity index (χ4v) is 3.01. The highest BCUT2D eigenvalue weighted by Crippen LogP contribution is 2.37. The van der Waals surface area contributed by atoms with E-state index in [1.165, 1.54) is 6.42 Å². The molecule has 1 rings (SSSR count). The molecule has 18 heavy (non-hydrogen) atoms. The Balaban J connectivity index is 2.79. The van der Waals surface area contributed by atoms with E-state index >= 15 is 0 Å². The molecule has 1 N–H and O–H groups in total. The Labute approximate surface area is 110 Å². The van der Waals surface area contributed by atoms with E-state index in [1.54, 1.807) is 7.11 Å². The Morgan fingerprint density at radius 2 is 2.17 bits per heavy atom. The number of carbonyl (C=O) groups is 1. The summed E-state index contributed by atoms with van der Waals surface area (Å²) in [5.74, 6) is 0.301. The molecule has 4 nitrogen and oxygen atoms in total. The molecular weight excluding hydrogens is 230 g/mol. The molecule has 2 atom stereocenters. The summed E-state index contributed by atoms with van der Waals surface area (Å²) < 4.78 is 10.4. The van der Waals surface area contributed by atoms with E-state index in [0.29, 0.717) is 25.7 Å². The summed E-state index contributed by atoms with van der Waals surface area (Å²) in [4.78, 5) is 12.4. The second kappa shape index (κ2) is 7.74. The molecule has 0 spiro atoms. The van der Waals surface area contributed by atoms with Gasteiger partial charge >= 0.3 is 5.97 Å². The highest BCUT2D eigenvalue weighted by Gasteiger charge is 2.46. The lowest BCUT2D eigenvalue weighted by Crippen LogP contribution is -2.60. The van der Waals surface area contributed by atoms with Gasteiger partial charge in [-0.25, -0.2) is 0 Å². The summed E-state index contributed by atoms with van der Waals surface area (Å²) in [7, 11) is 1.68. The molecular formula is C14H27NO3. The zero-order valence-electron chi connectivity index (χ0n) is 12.0. The van der Waals surface area contributed by atoms with Crippen molar-refractivity contribution in [3.05, 3.63) is 0 Å². The fraction of sp³-hybridized carbons (Fsp3) is 0.929. The van der Waals surface area contributed by atoms with Crippen molar-refractivity contribution in [2.45, 2.75) is 51.5 Å². The van der Waals surface area contributed by atoms with Gasteiger partial charge in [-0.2, -0.15) is 0 Å². The second-order valence-electron chi connectivity index (χ2n) is 4.96. The minimum absolute atomic E-state index is 0.0762. The molecule has 2 unspecified atom stereocenters. The molecule has 0 radical (unpaired) electrons. The third-order valence-corrected chi connectivity index (χ3v) is 3.95. The Morgan fingerprint density at radius 1 is 1.39 bits per heavy atom. The summed E-state index contributed by atoms with van der Waals surface area (Å²) in [5.41, 5.74) is -0.485. The van der Waals surface area contributed by atoms with Gasteiger partial charge in [-0.1, -0.05) is 26.2 Å². The van der Waals surface area contributed by atoms with Gasteiger partial charge < -0.3 is 9.47 Å². The number of hydrogen-bond donors (Lipinski definition) is 1. The first kappa shape index (κ1) is 15.4. The summed E-state index contributed by atoms with van der Waals surface area (Å²) in [5, 5.41) is 3.42. The molecule has 0 aromatic heterocycles. The first-order chi connectivity index (χ1) is 8.71. The average Bonchev–Trinajstić information content (AvgIpc) is 2.39. The van der Waals surface area contributed by atoms with Gasteiger partial charge in [-0.05, 0) is 25.7 Å². The number of methoxy groups -OCH3 is 1. The third-order valence-electron chi connectivity index (χ3n) is 3.95. The zero-order valence-corrected chi connectivity index (χ0v) is 12.0. The van der Waals surface area contributed by atoms with Crippen LogP contribution in [-0.2, 0) is 14.3 Å². The second-order valence-corrected chi connectivity index (χ2v) is 4.96. The van der Waals surface area contributed by atoms with E-state index in [4.69, 9.17) is 9.47 Å². The van der Waals surface area contributed by atoms with Crippen LogP contribution in [0.15, 0.2) is 0 Å². The quantitative estimate of drug-likeness (QED) is 0.560. The van der Waals surface area contributed by atoms with Crippen LogP contribution < -0.4 is 5.32 Å². The normalized spacial score (nSPS) is 28.1. The van der Waals surface area contributed by atoms with Crippen molar-refractivity contribution in [2.24, 2.45) is 5.92 Å². The van der Waals surface area contributed by atoms with Crippen molar-refractivity contribution < 1.29 is 14.3 Å². The zero-order chi connectivity index (χ0) is 13.4. The number of nitrogens with one attached hydrogen (secondary N) is 1. The van der Waals surface area contributed by atoms with Gasteiger partial charge in [-0.3, -0.25) is 10.1 Å². The molecule has 1 saturated carbocycles. The molecule has 0 heterocycles. The first-order valence-corrected chi connectivity index (χ1v) is 7.12. The van der Waals surface area contributed by atoms with E-state index in [1.807, 2.05) is 6.92 Å². The SMILES string of the molecule is CCOC(=O)C1(NCCOC)CCCCC1CC. The van der Waals surface area contributed by atoms with Crippen molar-refractivity contribution in [1.29, 1.82) is 0 Å². The minimum Gasteiger partial charge on any atom is -0.465 e. The Bertz CT molecular complexity index is 257. The lowest BCUT2D eigenvalue weighted by molar-refractivity contribution is -0.156. The number of esters is 1. The van der Waals surface area contributed by atoms with Gasteiger partial charge in [0, 0.05) is 13.7 Å². The van der Waals surface area contributed by atoms with Crippen LogP contribution in [0.4, 0.5) is 0 Å². The summed E-state index contributed by atoms with van der Waals surface area (Å²) >= 11 is 0. The van der Waals surface area contributed by atoms with Crippen molar-refractivity contribution >= 4 is 5.97 Å². The maximum atomic E-state index is 12.4. The Morgan fingerprint density at radius 3 is 2.78 bits per heavy atom. The van der Waals surface area contributed by atoms with Crippen LogP contribution >= 0.6 is 0 Å². The third kappa shape index (κ3) is 3.45. The fourth-order valence-electron chi connectivity index (χ4n) is 3.01. The predicted molar refractivity (Wildman–Crippen MR) is 71.5 cm³/mol. The van der Waals surface area contributed by atoms with Crippen molar-refractivity contribution in [2.75, 3.05) is 26.9 Å². The van der Waals surface area contributed by atoms with Crippen LogP contribution in [0, 0.1) is 5.92 Å². The topological polar surface area (TPSA) is 47.6 Å². The molecule has 0 saturated heterocycles. The van der Waals surface area contributed by atoms with Crippen molar-refractivity contribution in [3.63, 3.8) is 0 Å². The molecule has 0 aliphatic heterocycles. The van der Waals surface area contributed by atoms with Gasteiger partial charge in [0.15, 0.2) is 0 Å².